The third-order valence-corrected chi connectivity index (χ3v) is 4.31. The minimum absolute atomic E-state index is 0.0392. The minimum Gasteiger partial charge on any atom is -0.481 e. The highest BCUT2D eigenvalue weighted by molar-refractivity contribution is 5.81. The van der Waals surface area contributed by atoms with Gasteiger partial charge in [0.05, 0.1) is 0 Å². The zero-order valence-electron chi connectivity index (χ0n) is 14.3. The van der Waals surface area contributed by atoms with E-state index in [9.17, 15) is 4.79 Å². The van der Waals surface area contributed by atoms with Crippen LogP contribution in [0.4, 0.5) is 5.95 Å². The van der Waals surface area contributed by atoms with Crippen molar-refractivity contribution in [3.63, 3.8) is 0 Å². The molecule has 0 spiro atoms. The molecule has 1 amide bonds. The molecule has 128 valence electrons. The normalized spacial score (nSPS) is 16.1. The third kappa shape index (κ3) is 3.53. The van der Waals surface area contributed by atoms with Gasteiger partial charge in [-0.05, 0) is 26.0 Å². The van der Waals surface area contributed by atoms with Crippen LogP contribution in [-0.4, -0.2) is 52.6 Å². The van der Waals surface area contributed by atoms with Gasteiger partial charge < -0.3 is 19.1 Å². The largest absolute Gasteiger partial charge is 0.481 e. The van der Waals surface area contributed by atoms with Crippen molar-refractivity contribution in [3.8, 4) is 5.75 Å². The second-order valence-corrected chi connectivity index (χ2v) is 5.90. The lowest BCUT2D eigenvalue weighted by Crippen LogP contribution is -2.52. The molecule has 1 fully saturated rings. The topological polar surface area (TPSA) is 50.6 Å². The molecule has 0 saturated carbocycles. The Morgan fingerprint density at radius 1 is 1.21 bits per heavy atom. The molecule has 1 atom stereocenters. The number of ether oxygens (including phenoxy) is 1. The summed E-state index contributed by atoms with van der Waals surface area (Å²) in [5.74, 6) is 1.75. The number of carbonyl (C=O) groups excluding carboxylic acids is 1. The molecule has 0 bridgehead atoms. The molecule has 1 aromatic carbocycles. The maximum absolute atomic E-state index is 12.6. The van der Waals surface area contributed by atoms with E-state index in [1.54, 1.807) is 0 Å². The molecule has 0 unspecified atom stereocenters. The average molecular weight is 328 g/mol. The summed E-state index contributed by atoms with van der Waals surface area (Å²) in [4.78, 5) is 21.1. The molecule has 2 aromatic rings. The van der Waals surface area contributed by atoms with Crippen LogP contribution in [0, 0.1) is 0 Å². The summed E-state index contributed by atoms with van der Waals surface area (Å²) in [7, 11) is 0. The Balaban J connectivity index is 1.55. The first-order chi connectivity index (χ1) is 11.7. The summed E-state index contributed by atoms with van der Waals surface area (Å²) in [6, 6.07) is 9.47. The fraction of sp³-hybridized carbons (Fsp3) is 0.444. The fourth-order valence-corrected chi connectivity index (χ4v) is 2.97. The van der Waals surface area contributed by atoms with E-state index in [0.717, 1.165) is 31.3 Å². The SMILES string of the molecule is CCn1ccnc1N1CCN(C(=O)[C@H](C)Oc2ccccc2)CC1. The van der Waals surface area contributed by atoms with Gasteiger partial charge in [-0.3, -0.25) is 4.79 Å². The van der Waals surface area contributed by atoms with Crippen molar-refractivity contribution in [2.24, 2.45) is 0 Å². The quantitative estimate of drug-likeness (QED) is 0.843. The second kappa shape index (κ2) is 7.38. The van der Waals surface area contributed by atoms with Gasteiger partial charge >= 0.3 is 0 Å². The number of anilines is 1. The Labute approximate surface area is 142 Å². The molecule has 6 heteroatoms. The highest BCUT2D eigenvalue weighted by atomic mass is 16.5. The average Bonchev–Trinajstić information content (AvgIpc) is 3.11. The van der Waals surface area contributed by atoms with Crippen molar-refractivity contribution < 1.29 is 9.53 Å². The van der Waals surface area contributed by atoms with E-state index in [1.807, 2.05) is 54.5 Å². The predicted molar refractivity (Wildman–Crippen MR) is 93.2 cm³/mol. The maximum Gasteiger partial charge on any atom is 0.263 e. The van der Waals surface area contributed by atoms with Crippen molar-refractivity contribution in [2.75, 3.05) is 31.1 Å². The van der Waals surface area contributed by atoms with E-state index in [4.69, 9.17) is 4.74 Å². The van der Waals surface area contributed by atoms with Crippen LogP contribution in [0.2, 0.25) is 0 Å². The van der Waals surface area contributed by atoms with Crippen molar-refractivity contribution >= 4 is 11.9 Å². The number of para-hydroxylation sites is 1. The molecular formula is C18H24N4O2. The van der Waals surface area contributed by atoms with Crippen LogP contribution in [0.1, 0.15) is 13.8 Å². The number of nitrogens with zero attached hydrogens (tertiary/aromatic N) is 4. The van der Waals surface area contributed by atoms with Crippen LogP contribution in [0.25, 0.3) is 0 Å². The van der Waals surface area contributed by atoms with Crippen molar-refractivity contribution in [1.29, 1.82) is 0 Å². The number of hydrogen-bond acceptors (Lipinski definition) is 4. The first kappa shape index (κ1) is 16.4. The van der Waals surface area contributed by atoms with E-state index in [0.29, 0.717) is 13.1 Å². The van der Waals surface area contributed by atoms with Gasteiger partial charge in [-0.2, -0.15) is 0 Å². The molecule has 0 radical (unpaired) electrons. The van der Waals surface area contributed by atoms with Crippen LogP contribution in [0.15, 0.2) is 42.7 Å². The van der Waals surface area contributed by atoms with Gasteiger partial charge in [0.15, 0.2) is 6.10 Å². The van der Waals surface area contributed by atoms with Gasteiger partial charge in [0, 0.05) is 45.1 Å². The Kier molecular flexibility index (Phi) is 5.03. The van der Waals surface area contributed by atoms with Gasteiger partial charge in [-0.15, -0.1) is 0 Å². The number of benzene rings is 1. The number of piperazine rings is 1. The van der Waals surface area contributed by atoms with E-state index in [1.165, 1.54) is 0 Å². The highest BCUT2D eigenvalue weighted by Gasteiger charge is 2.27. The fourth-order valence-electron chi connectivity index (χ4n) is 2.97. The van der Waals surface area contributed by atoms with E-state index < -0.39 is 6.10 Å². The molecule has 2 heterocycles. The highest BCUT2D eigenvalue weighted by Crippen LogP contribution is 2.16. The lowest BCUT2D eigenvalue weighted by Gasteiger charge is -2.36. The first-order valence-electron chi connectivity index (χ1n) is 8.45. The zero-order chi connectivity index (χ0) is 16.9. The van der Waals surface area contributed by atoms with Crippen LogP contribution < -0.4 is 9.64 Å². The second-order valence-electron chi connectivity index (χ2n) is 5.90. The molecule has 24 heavy (non-hydrogen) atoms. The number of hydrogen-bond donors (Lipinski definition) is 0. The number of rotatable bonds is 5. The van der Waals surface area contributed by atoms with Crippen molar-refractivity contribution in [1.82, 2.24) is 14.5 Å². The van der Waals surface area contributed by atoms with Crippen LogP contribution in [0.3, 0.4) is 0 Å². The molecule has 1 aliphatic rings. The summed E-state index contributed by atoms with van der Waals surface area (Å²) in [5, 5.41) is 0. The molecule has 1 saturated heterocycles. The summed E-state index contributed by atoms with van der Waals surface area (Å²) in [6.07, 6.45) is 3.34. The molecular weight excluding hydrogens is 304 g/mol. The number of amides is 1. The number of carbonyl (C=O) groups is 1. The van der Waals surface area contributed by atoms with Gasteiger partial charge in [-0.25, -0.2) is 4.98 Å². The van der Waals surface area contributed by atoms with Crippen LogP contribution in [-0.2, 0) is 11.3 Å². The lowest BCUT2D eigenvalue weighted by molar-refractivity contribution is -0.138. The Bertz CT molecular complexity index is 663. The van der Waals surface area contributed by atoms with E-state index in [-0.39, 0.29) is 5.91 Å². The predicted octanol–water partition coefficient (Wildman–Crippen LogP) is 2.02. The Morgan fingerprint density at radius 2 is 1.92 bits per heavy atom. The maximum atomic E-state index is 12.6. The third-order valence-electron chi connectivity index (χ3n) is 4.31. The van der Waals surface area contributed by atoms with Crippen molar-refractivity contribution in [2.45, 2.75) is 26.5 Å². The van der Waals surface area contributed by atoms with Gasteiger partial charge in [0.2, 0.25) is 5.95 Å². The minimum atomic E-state index is -0.475. The van der Waals surface area contributed by atoms with Crippen molar-refractivity contribution in [3.05, 3.63) is 42.7 Å². The molecule has 3 rings (SSSR count). The van der Waals surface area contributed by atoms with Crippen LogP contribution in [0.5, 0.6) is 5.75 Å². The lowest BCUT2D eigenvalue weighted by atomic mass is 10.2. The van der Waals surface area contributed by atoms with Gasteiger partial charge in [0.1, 0.15) is 5.75 Å². The van der Waals surface area contributed by atoms with Gasteiger partial charge in [0.25, 0.3) is 5.91 Å². The van der Waals surface area contributed by atoms with E-state index >= 15 is 0 Å². The molecule has 6 nitrogen and oxygen atoms in total. The summed E-state index contributed by atoms with van der Waals surface area (Å²) in [6.45, 7) is 7.78. The summed E-state index contributed by atoms with van der Waals surface area (Å²) >= 11 is 0. The molecule has 0 N–H and O–H groups in total. The number of aryl methyl sites for hydroxylation is 1. The standard InChI is InChI=1S/C18H24N4O2/c1-3-20-10-9-19-18(20)22-13-11-21(12-14-22)17(23)15(2)24-16-7-5-4-6-8-16/h4-10,15H,3,11-14H2,1-2H3/t15-/m0/s1. The van der Waals surface area contributed by atoms with E-state index in [2.05, 4.69) is 21.4 Å². The smallest absolute Gasteiger partial charge is 0.263 e. The molecule has 1 aromatic heterocycles. The Hall–Kier alpha value is -2.50. The summed E-state index contributed by atoms with van der Waals surface area (Å²) in [5.41, 5.74) is 0. The summed E-state index contributed by atoms with van der Waals surface area (Å²) < 4.78 is 7.87. The Morgan fingerprint density at radius 3 is 2.58 bits per heavy atom. The molecule has 0 aliphatic carbocycles. The van der Waals surface area contributed by atoms with Crippen LogP contribution >= 0.6 is 0 Å². The monoisotopic (exact) mass is 328 g/mol. The molecule has 1 aliphatic heterocycles. The van der Waals surface area contributed by atoms with Gasteiger partial charge in [-0.1, -0.05) is 18.2 Å². The number of aromatic nitrogens is 2. The number of imidazole rings is 1. The first-order valence-corrected chi connectivity index (χ1v) is 8.45. The zero-order valence-corrected chi connectivity index (χ0v) is 14.3.